The van der Waals surface area contributed by atoms with Crippen LogP contribution in [0.25, 0.3) is 54.9 Å². The summed E-state index contributed by atoms with van der Waals surface area (Å²) in [6.07, 6.45) is 0. The van der Waals surface area contributed by atoms with Gasteiger partial charge in [0.2, 0.25) is 0 Å². The highest BCUT2D eigenvalue weighted by Gasteiger charge is 2.48. The quantitative estimate of drug-likeness (QED) is 0.133. The van der Waals surface area contributed by atoms with E-state index in [4.69, 9.17) is 0 Å². The molecule has 0 amide bonds. The van der Waals surface area contributed by atoms with E-state index in [9.17, 15) is 0 Å². The van der Waals surface area contributed by atoms with Crippen LogP contribution in [-0.2, 0) is 10.8 Å². The molecule has 0 aliphatic carbocycles. The molecule has 0 aromatic heterocycles. The fourth-order valence-electron chi connectivity index (χ4n) is 13.8. The van der Waals surface area contributed by atoms with Crippen molar-refractivity contribution < 1.29 is 0 Å². The molecular formula is C74H56N2. The monoisotopic (exact) mass is 972 g/mol. The third-order valence-corrected chi connectivity index (χ3v) is 16.8. The van der Waals surface area contributed by atoms with Crippen LogP contribution in [0.2, 0.25) is 0 Å². The summed E-state index contributed by atoms with van der Waals surface area (Å²) in [5.41, 5.74) is 21.2. The van der Waals surface area contributed by atoms with Crippen LogP contribution in [0, 0.1) is 0 Å². The van der Waals surface area contributed by atoms with E-state index in [2.05, 4.69) is 303 Å². The average molecular weight is 973 g/mol. The zero-order valence-corrected chi connectivity index (χ0v) is 42.9. The zero-order valence-electron chi connectivity index (χ0n) is 42.9. The van der Waals surface area contributed by atoms with Crippen LogP contribution in [0.15, 0.2) is 279 Å². The van der Waals surface area contributed by atoms with Gasteiger partial charge in [0.25, 0.3) is 0 Å². The van der Waals surface area contributed by atoms with Crippen LogP contribution < -0.4 is 9.80 Å². The Hall–Kier alpha value is -9.24. The lowest BCUT2D eigenvalue weighted by molar-refractivity contribution is 0.720. The minimum atomic E-state index is -0.583. The first-order valence-corrected chi connectivity index (χ1v) is 27.0. The van der Waals surface area contributed by atoms with Crippen LogP contribution in [0.5, 0.6) is 0 Å². The van der Waals surface area contributed by atoms with Crippen molar-refractivity contribution in [1.29, 1.82) is 0 Å². The molecule has 0 N–H and O–H groups in total. The fraction of sp³-hybridized carbons (Fsp3) is 0.0811. The molecule has 2 aliphatic heterocycles. The van der Waals surface area contributed by atoms with Crippen LogP contribution in [-0.4, -0.2) is 13.1 Å². The molecule has 0 spiro atoms. The molecule has 0 radical (unpaired) electrons. The molecule has 2 nitrogen and oxygen atoms in total. The number of nitrogens with zero attached hydrogens (tertiary/aromatic N) is 2. The van der Waals surface area contributed by atoms with Crippen LogP contribution in [0.3, 0.4) is 0 Å². The Morgan fingerprint density at radius 3 is 0.974 bits per heavy atom. The SMILES string of the molecule is CCN1c2ccccc2C(c2ccccc2)(c2ccccc2)c2cccc(-c3cccc4c(-c5ccccc5)c5cccc(-c6cccc7c6N(CC)c6ccccc6C7(c6ccccc6)c6ccccc6)c5cc34)c21. The van der Waals surface area contributed by atoms with Crippen molar-refractivity contribution in [3.8, 4) is 33.4 Å². The van der Waals surface area contributed by atoms with Crippen LogP contribution >= 0.6 is 0 Å². The minimum Gasteiger partial charge on any atom is -0.341 e. The topological polar surface area (TPSA) is 6.48 Å². The van der Waals surface area contributed by atoms with Gasteiger partial charge in [-0.05, 0) is 120 Å². The first-order chi connectivity index (χ1) is 37.7. The number of hydrogen-bond donors (Lipinski definition) is 0. The second kappa shape index (κ2) is 18.3. The Morgan fingerprint density at radius 2 is 0.592 bits per heavy atom. The van der Waals surface area contributed by atoms with Crippen molar-refractivity contribution in [2.45, 2.75) is 24.7 Å². The number of para-hydroxylation sites is 4. The predicted molar refractivity (Wildman–Crippen MR) is 320 cm³/mol. The molecule has 12 aromatic carbocycles. The lowest BCUT2D eigenvalue weighted by Gasteiger charge is -2.47. The summed E-state index contributed by atoms with van der Waals surface area (Å²) >= 11 is 0. The largest absolute Gasteiger partial charge is 0.341 e. The van der Waals surface area contributed by atoms with E-state index < -0.39 is 10.8 Å². The number of benzene rings is 12. The van der Waals surface area contributed by atoms with E-state index in [1.165, 1.54) is 122 Å². The summed E-state index contributed by atoms with van der Waals surface area (Å²) in [7, 11) is 0. The normalized spacial score (nSPS) is 13.9. The first-order valence-electron chi connectivity index (χ1n) is 27.0. The maximum absolute atomic E-state index is 2.58. The summed E-state index contributed by atoms with van der Waals surface area (Å²) in [5, 5.41) is 4.91. The van der Waals surface area contributed by atoms with E-state index in [0.29, 0.717) is 0 Å². The molecule has 12 aromatic rings. The Bertz CT molecular complexity index is 3800. The van der Waals surface area contributed by atoms with Crippen molar-refractivity contribution in [2.24, 2.45) is 0 Å². The fourth-order valence-corrected chi connectivity index (χ4v) is 13.8. The highest BCUT2D eigenvalue weighted by molar-refractivity contribution is 6.20. The Kier molecular flexibility index (Phi) is 10.9. The van der Waals surface area contributed by atoms with Gasteiger partial charge in [0.1, 0.15) is 0 Å². The molecule has 0 bridgehead atoms. The van der Waals surface area contributed by atoms with Gasteiger partial charge in [-0.3, -0.25) is 0 Å². The zero-order chi connectivity index (χ0) is 50.8. The van der Waals surface area contributed by atoms with Gasteiger partial charge >= 0.3 is 0 Å². The van der Waals surface area contributed by atoms with E-state index in [0.717, 1.165) is 13.1 Å². The summed E-state index contributed by atoms with van der Waals surface area (Å²) < 4.78 is 0. The van der Waals surface area contributed by atoms with Gasteiger partial charge < -0.3 is 9.80 Å². The van der Waals surface area contributed by atoms with Crippen LogP contribution in [0.1, 0.15) is 58.4 Å². The molecule has 2 heterocycles. The van der Waals surface area contributed by atoms with Gasteiger partial charge in [0.15, 0.2) is 0 Å². The number of anilines is 4. The van der Waals surface area contributed by atoms with E-state index in [1.807, 2.05) is 0 Å². The maximum atomic E-state index is 2.58. The number of rotatable bonds is 9. The standard InChI is InChI=1S/C74H56N2/c1-3-75-68-48-22-20-44-64(68)73(52-30-12-6-13-31-52,53-32-14-7-15-33-53)66-46-26-42-60(71(66)75)56-38-24-40-58-62(56)50-63-57(39-25-41-59(63)70(58)51-28-10-5-11-29-51)61-43-27-47-67-72(61)76(4-2)69-49-23-21-45-65(69)74(67,54-34-16-8-17-35-54)55-36-18-9-19-37-55/h5-50H,3-4H2,1-2H3. The van der Waals surface area contributed by atoms with Crippen molar-refractivity contribution in [1.82, 2.24) is 0 Å². The first kappa shape index (κ1) is 45.4. The lowest BCUT2D eigenvalue weighted by atomic mass is 9.62. The van der Waals surface area contributed by atoms with Gasteiger partial charge in [-0.2, -0.15) is 0 Å². The number of hydrogen-bond acceptors (Lipinski definition) is 2. The lowest BCUT2D eigenvalue weighted by Crippen LogP contribution is -2.39. The van der Waals surface area contributed by atoms with Gasteiger partial charge in [0, 0.05) is 35.6 Å². The third-order valence-electron chi connectivity index (χ3n) is 16.8. The average Bonchev–Trinajstić information content (AvgIpc) is 3.68. The second-order valence-electron chi connectivity index (χ2n) is 20.3. The van der Waals surface area contributed by atoms with Gasteiger partial charge in [-0.1, -0.05) is 261 Å². The molecular weight excluding hydrogens is 917 g/mol. The smallest absolute Gasteiger partial charge is 0.0742 e. The minimum absolute atomic E-state index is 0.583. The van der Waals surface area contributed by atoms with E-state index in [1.54, 1.807) is 0 Å². The van der Waals surface area contributed by atoms with Crippen molar-refractivity contribution in [3.05, 3.63) is 324 Å². The molecule has 0 fully saturated rings. The van der Waals surface area contributed by atoms with Gasteiger partial charge in [-0.25, -0.2) is 0 Å². The maximum Gasteiger partial charge on any atom is 0.0742 e. The Morgan fingerprint density at radius 1 is 0.276 bits per heavy atom. The Labute approximate surface area is 446 Å². The van der Waals surface area contributed by atoms with E-state index >= 15 is 0 Å². The molecule has 0 atom stereocenters. The van der Waals surface area contributed by atoms with E-state index in [-0.39, 0.29) is 0 Å². The molecule has 362 valence electrons. The molecule has 2 aliphatic rings. The molecule has 0 saturated heterocycles. The third kappa shape index (κ3) is 6.53. The second-order valence-corrected chi connectivity index (χ2v) is 20.3. The van der Waals surface area contributed by atoms with Crippen molar-refractivity contribution in [2.75, 3.05) is 22.9 Å². The molecule has 0 saturated carbocycles. The summed E-state index contributed by atoms with van der Waals surface area (Å²) in [6, 6.07) is 105. The van der Waals surface area contributed by atoms with Gasteiger partial charge in [-0.15, -0.1) is 0 Å². The predicted octanol–water partition coefficient (Wildman–Crippen LogP) is 18.7. The molecule has 2 heteroatoms. The summed E-state index contributed by atoms with van der Waals surface area (Å²) in [5.74, 6) is 0. The summed E-state index contributed by atoms with van der Waals surface area (Å²) in [4.78, 5) is 5.15. The summed E-state index contributed by atoms with van der Waals surface area (Å²) in [6.45, 7) is 6.21. The van der Waals surface area contributed by atoms with Crippen molar-refractivity contribution in [3.63, 3.8) is 0 Å². The molecule has 76 heavy (non-hydrogen) atoms. The van der Waals surface area contributed by atoms with Gasteiger partial charge in [0.05, 0.1) is 22.2 Å². The van der Waals surface area contributed by atoms with Crippen LogP contribution in [0.4, 0.5) is 22.7 Å². The highest BCUT2D eigenvalue weighted by atomic mass is 15.2. The van der Waals surface area contributed by atoms with Crippen molar-refractivity contribution >= 4 is 44.3 Å². The molecule has 0 unspecified atom stereocenters. The Balaban J connectivity index is 1.09. The highest BCUT2D eigenvalue weighted by Crippen LogP contribution is 2.61. The molecule has 14 rings (SSSR count). The number of fused-ring (bicyclic) bond motifs is 6.